The zero-order chi connectivity index (χ0) is 14.5. The third kappa shape index (κ3) is 3.50. The number of ether oxygens (including phenoxy) is 1. The smallest absolute Gasteiger partial charge is 0.265 e. The number of hydrazine groups is 1. The van der Waals surface area contributed by atoms with Gasteiger partial charge in [-0.25, -0.2) is 5.84 Å². The van der Waals surface area contributed by atoms with E-state index in [4.69, 9.17) is 22.2 Å². The van der Waals surface area contributed by atoms with Crippen molar-refractivity contribution in [1.82, 2.24) is 5.43 Å². The highest BCUT2D eigenvalue weighted by Gasteiger charge is 2.10. The zero-order valence-electron chi connectivity index (χ0n) is 10.4. The lowest BCUT2D eigenvalue weighted by atomic mass is 10.1. The van der Waals surface area contributed by atoms with Crippen molar-refractivity contribution in [3.63, 3.8) is 0 Å². The fourth-order valence-corrected chi connectivity index (χ4v) is 2.20. The number of rotatable bonds is 4. The van der Waals surface area contributed by atoms with Gasteiger partial charge in [-0.05, 0) is 24.3 Å². The number of hydrogen-bond donors (Lipinski definition) is 2. The maximum Gasteiger partial charge on any atom is 0.265 e. The number of nitrogen functional groups attached to an aromatic ring is 1. The van der Waals surface area contributed by atoms with Crippen molar-refractivity contribution in [2.24, 2.45) is 5.84 Å². The molecular weight excluding hydrogens is 344 g/mol. The second kappa shape index (κ2) is 6.74. The van der Waals surface area contributed by atoms with Crippen molar-refractivity contribution in [3.8, 4) is 5.75 Å². The van der Waals surface area contributed by atoms with Crippen molar-refractivity contribution in [1.29, 1.82) is 0 Å². The van der Waals surface area contributed by atoms with Gasteiger partial charge in [-0.15, -0.1) is 0 Å². The molecule has 3 N–H and O–H groups in total. The normalized spacial score (nSPS) is 10.2. The van der Waals surface area contributed by atoms with Crippen LogP contribution in [0.2, 0.25) is 5.02 Å². The Morgan fingerprint density at radius 3 is 2.80 bits per heavy atom. The summed E-state index contributed by atoms with van der Waals surface area (Å²) >= 11 is 9.40. The molecule has 2 aromatic carbocycles. The van der Waals surface area contributed by atoms with Crippen LogP contribution in [0.1, 0.15) is 15.9 Å². The minimum Gasteiger partial charge on any atom is -0.487 e. The number of carbonyl (C=O) groups is 1. The van der Waals surface area contributed by atoms with E-state index in [9.17, 15) is 4.79 Å². The van der Waals surface area contributed by atoms with Crippen LogP contribution in [-0.4, -0.2) is 5.91 Å². The Kier molecular flexibility index (Phi) is 5.00. The molecule has 0 fully saturated rings. The number of benzene rings is 2. The van der Waals surface area contributed by atoms with E-state index >= 15 is 0 Å². The molecule has 0 aromatic heterocycles. The maximum absolute atomic E-state index is 11.6. The molecule has 0 aliphatic carbocycles. The molecule has 6 heteroatoms. The molecule has 0 saturated heterocycles. The monoisotopic (exact) mass is 354 g/mol. The number of carbonyl (C=O) groups excluding carboxylic acids is 1. The van der Waals surface area contributed by atoms with Gasteiger partial charge in [-0.3, -0.25) is 10.2 Å². The molecular formula is C14H12BrClN2O2. The summed E-state index contributed by atoms with van der Waals surface area (Å²) in [4.78, 5) is 11.6. The summed E-state index contributed by atoms with van der Waals surface area (Å²) in [6.45, 7) is 0.222. The lowest BCUT2D eigenvalue weighted by molar-refractivity contribution is 0.0951. The summed E-state index contributed by atoms with van der Waals surface area (Å²) in [7, 11) is 0. The topological polar surface area (TPSA) is 64.3 Å². The SMILES string of the molecule is NNC(=O)c1ccccc1COc1cc(Br)ccc1Cl. The van der Waals surface area contributed by atoms with Gasteiger partial charge in [0.25, 0.3) is 5.91 Å². The van der Waals surface area contributed by atoms with Gasteiger partial charge in [0.15, 0.2) is 0 Å². The largest absolute Gasteiger partial charge is 0.487 e. The molecule has 0 unspecified atom stereocenters. The Hall–Kier alpha value is -1.56. The van der Waals surface area contributed by atoms with E-state index < -0.39 is 0 Å². The van der Waals surface area contributed by atoms with Crippen LogP contribution < -0.4 is 16.0 Å². The lowest BCUT2D eigenvalue weighted by Crippen LogP contribution is -2.30. The van der Waals surface area contributed by atoms with E-state index in [0.29, 0.717) is 16.3 Å². The van der Waals surface area contributed by atoms with Crippen LogP contribution in [0.25, 0.3) is 0 Å². The molecule has 0 saturated carbocycles. The average molecular weight is 356 g/mol. The van der Waals surface area contributed by atoms with Gasteiger partial charge < -0.3 is 4.74 Å². The van der Waals surface area contributed by atoms with Gasteiger partial charge in [0.05, 0.1) is 5.02 Å². The Bertz CT molecular complexity index is 634. The molecule has 0 aliphatic heterocycles. The highest BCUT2D eigenvalue weighted by molar-refractivity contribution is 9.10. The molecule has 0 aliphatic rings. The van der Waals surface area contributed by atoms with Crippen LogP contribution in [0.3, 0.4) is 0 Å². The van der Waals surface area contributed by atoms with Crippen LogP contribution in [-0.2, 0) is 6.61 Å². The van der Waals surface area contributed by atoms with Crippen molar-refractivity contribution >= 4 is 33.4 Å². The van der Waals surface area contributed by atoms with E-state index in [2.05, 4.69) is 21.4 Å². The number of nitrogens with one attached hydrogen (secondary N) is 1. The maximum atomic E-state index is 11.6. The van der Waals surface area contributed by atoms with E-state index in [1.54, 1.807) is 30.3 Å². The quantitative estimate of drug-likeness (QED) is 0.502. The lowest BCUT2D eigenvalue weighted by Gasteiger charge is -2.11. The molecule has 2 rings (SSSR count). The van der Waals surface area contributed by atoms with Crippen LogP contribution in [0.5, 0.6) is 5.75 Å². The Morgan fingerprint density at radius 2 is 2.05 bits per heavy atom. The van der Waals surface area contributed by atoms with Gasteiger partial charge >= 0.3 is 0 Å². The molecule has 0 spiro atoms. The summed E-state index contributed by atoms with van der Waals surface area (Å²) in [5, 5.41) is 0.508. The minimum atomic E-state index is -0.357. The first-order valence-corrected chi connectivity index (χ1v) is 6.95. The summed E-state index contributed by atoms with van der Waals surface area (Å²) in [6, 6.07) is 12.4. The van der Waals surface area contributed by atoms with E-state index in [1.165, 1.54) is 0 Å². The minimum absolute atomic E-state index is 0.222. The van der Waals surface area contributed by atoms with E-state index in [-0.39, 0.29) is 12.5 Å². The fourth-order valence-electron chi connectivity index (χ4n) is 1.69. The van der Waals surface area contributed by atoms with Gasteiger partial charge in [-0.1, -0.05) is 45.7 Å². The van der Waals surface area contributed by atoms with Crippen molar-refractivity contribution in [2.45, 2.75) is 6.61 Å². The van der Waals surface area contributed by atoms with Crippen LogP contribution in [0, 0.1) is 0 Å². The van der Waals surface area contributed by atoms with Gasteiger partial charge in [-0.2, -0.15) is 0 Å². The van der Waals surface area contributed by atoms with Crippen molar-refractivity contribution < 1.29 is 9.53 Å². The molecule has 104 valence electrons. The van der Waals surface area contributed by atoms with Crippen molar-refractivity contribution in [3.05, 3.63) is 63.1 Å². The standard InChI is InChI=1S/C14H12BrClN2O2/c15-10-5-6-12(16)13(7-10)20-8-9-3-1-2-4-11(9)14(19)18-17/h1-7H,8,17H2,(H,18,19). The first kappa shape index (κ1) is 14.8. The van der Waals surface area contributed by atoms with Crippen LogP contribution >= 0.6 is 27.5 Å². The average Bonchev–Trinajstić information content (AvgIpc) is 2.47. The molecule has 0 radical (unpaired) electrons. The molecule has 2 aromatic rings. The summed E-state index contributed by atoms with van der Waals surface area (Å²) in [6.07, 6.45) is 0. The third-order valence-electron chi connectivity index (χ3n) is 2.67. The molecule has 0 heterocycles. The Morgan fingerprint density at radius 1 is 1.30 bits per heavy atom. The number of hydrogen-bond acceptors (Lipinski definition) is 3. The molecule has 4 nitrogen and oxygen atoms in total. The highest BCUT2D eigenvalue weighted by Crippen LogP contribution is 2.28. The van der Waals surface area contributed by atoms with Gasteiger partial charge in [0, 0.05) is 15.6 Å². The fraction of sp³-hybridized carbons (Fsp3) is 0.0714. The van der Waals surface area contributed by atoms with Gasteiger partial charge in [0.2, 0.25) is 0 Å². The summed E-state index contributed by atoms with van der Waals surface area (Å²) in [5.41, 5.74) is 3.31. The first-order chi connectivity index (χ1) is 9.61. The molecule has 1 amide bonds. The number of amides is 1. The second-order valence-corrected chi connectivity index (χ2v) is 5.32. The van der Waals surface area contributed by atoms with E-state index in [1.807, 2.05) is 12.1 Å². The number of nitrogens with two attached hydrogens (primary N) is 1. The summed E-state index contributed by atoms with van der Waals surface area (Å²) in [5.74, 6) is 5.35. The van der Waals surface area contributed by atoms with Crippen LogP contribution in [0.15, 0.2) is 46.9 Å². The number of halogens is 2. The van der Waals surface area contributed by atoms with Gasteiger partial charge in [0.1, 0.15) is 12.4 Å². The highest BCUT2D eigenvalue weighted by atomic mass is 79.9. The zero-order valence-corrected chi connectivity index (χ0v) is 12.7. The first-order valence-electron chi connectivity index (χ1n) is 5.78. The van der Waals surface area contributed by atoms with Crippen LogP contribution in [0.4, 0.5) is 0 Å². The second-order valence-electron chi connectivity index (χ2n) is 3.99. The summed E-state index contributed by atoms with van der Waals surface area (Å²) < 4.78 is 6.52. The predicted molar refractivity (Wildman–Crippen MR) is 81.6 cm³/mol. The predicted octanol–water partition coefficient (Wildman–Crippen LogP) is 3.29. The Balaban J connectivity index is 2.19. The van der Waals surface area contributed by atoms with Crippen molar-refractivity contribution in [2.75, 3.05) is 0 Å². The van der Waals surface area contributed by atoms with E-state index in [0.717, 1.165) is 10.0 Å². The molecule has 20 heavy (non-hydrogen) atoms. The Labute approximate surface area is 130 Å². The molecule has 0 atom stereocenters. The third-order valence-corrected chi connectivity index (χ3v) is 3.48. The molecule has 0 bridgehead atoms.